The molecule has 0 aliphatic heterocycles. The van der Waals surface area contributed by atoms with Gasteiger partial charge < -0.3 is 5.73 Å². The third kappa shape index (κ3) is 3.30. The summed E-state index contributed by atoms with van der Waals surface area (Å²) in [6, 6.07) is 0. The van der Waals surface area contributed by atoms with Crippen molar-refractivity contribution >= 4 is 0 Å². The maximum absolute atomic E-state index is 5.63. The van der Waals surface area contributed by atoms with Crippen molar-refractivity contribution in [3.8, 4) is 0 Å². The highest BCUT2D eigenvalue weighted by Gasteiger charge is 2.09. The highest BCUT2D eigenvalue weighted by atomic mass is 15.4. The predicted molar refractivity (Wildman–Crippen MR) is 61.4 cm³/mol. The Morgan fingerprint density at radius 3 is 2.60 bits per heavy atom. The molecule has 1 aromatic rings. The number of rotatable bonds is 7. The number of nitrogens with zero attached hydrogens (tertiary/aromatic N) is 3. The van der Waals surface area contributed by atoms with Crippen molar-refractivity contribution in [1.29, 1.82) is 0 Å². The first kappa shape index (κ1) is 12.2. The first-order valence-corrected chi connectivity index (χ1v) is 5.94. The van der Waals surface area contributed by atoms with Crippen molar-refractivity contribution in [1.82, 2.24) is 15.0 Å². The fourth-order valence-electron chi connectivity index (χ4n) is 1.77. The molecule has 0 saturated heterocycles. The fraction of sp³-hybridized carbons (Fsp3) is 0.818. The Morgan fingerprint density at radius 1 is 1.20 bits per heavy atom. The van der Waals surface area contributed by atoms with Crippen LogP contribution in [0.15, 0.2) is 0 Å². The topological polar surface area (TPSA) is 56.7 Å². The molecule has 15 heavy (non-hydrogen) atoms. The number of hydrogen-bond acceptors (Lipinski definition) is 3. The second-order valence-electron chi connectivity index (χ2n) is 3.81. The molecule has 0 aliphatic carbocycles. The third-order valence-electron chi connectivity index (χ3n) is 2.68. The van der Waals surface area contributed by atoms with E-state index in [1.807, 2.05) is 4.68 Å². The Morgan fingerprint density at radius 2 is 2.00 bits per heavy atom. The molecule has 0 unspecified atom stereocenters. The Balaban J connectivity index is 2.53. The molecule has 0 radical (unpaired) electrons. The van der Waals surface area contributed by atoms with E-state index in [-0.39, 0.29) is 0 Å². The number of hydrogen-bond donors (Lipinski definition) is 1. The molecule has 0 aromatic carbocycles. The summed E-state index contributed by atoms with van der Waals surface area (Å²) in [5.41, 5.74) is 7.83. The molecule has 4 nitrogen and oxygen atoms in total. The van der Waals surface area contributed by atoms with E-state index in [0.29, 0.717) is 6.54 Å². The molecule has 0 spiro atoms. The second kappa shape index (κ2) is 6.56. The summed E-state index contributed by atoms with van der Waals surface area (Å²) in [5.74, 6) is 0. The molecule has 1 rings (SSSR count). The van der Waals surface area contributed by atoms with E-state index in [4.69, 9.17) is 5.73 Å². The SMILES string of the molecule is CCCCCCc1c(CN)nnn1CC. The van der Waals surface area contributed by atoms with Crippen LogP contribution in [-0.2, 0) is 19.5 Å². The Bertz CT molecular complexity index is 259. The zero-order valence-corrected chi connectivity index (χ0v) is 9.87. The minimum Gasteiger partial charge on any atom is -0.325 e. The van der Waals surface area contributed by atoms with Crippen molar-refractivity contribution < 1.29 is 0 Å². The third-order valence-corrected chi connectivity index (χ3v) is 2.68. The van der Waals surface area contributed by atoms with Crippen LogP contribution in [0.3, 0.4) is 0 Å². The summed E-state index contributed by atoms with van der Waals surface area (Å²) in [6.07, 6.45) is 6.15. The normalized spacial score (nSPS) is 10.9. The summed E-state index contributed by atoms with van der Waals surface area (Å²) in [7, 11) is 0. The Hall–Kier alpha value is -0.900. The summed E-state index contributed by atoms with van der Waals surface area (Å²) < 4.78 is 1.97. The van der Waals surface area contributed by atoms with Crippen molar-refractivity contribution in [3.05, 3.63) is 11.4 Å². The average Bonchev–Trinajstić information content (AvgIpc) is 2.66. The first-order valence-electron chi connectivity index (χ1n) is 5.94. The molecule has 0 saturated carbocycles. The smallest absolute Gasteiger partial charge is 0.0994 e. The van der Waals surface area contributed by atoms with E-state index in [0.717, 1.165) is 18.7 Å². The summed E-state index contributed by atoms with van der Waals surface area (Å²) >= 11 is 0. The van der Waals surface area contributed by atoms with Gasteiger partial charge in [-0.1, -0.05) is 31.4 Å². The Kier molecular flexibility index (Phi) is 5.32. The zero-order valence-electron chi connectivity index (χ0n) is 9.87. The maximum atomic E-state index is 5.63. The lowest BCUT2D eigenvalue weighted by atomic mass is 10.1. The summed E-state index contributed by atoms with van der Waals surface area (Å²) in [6.45, 7) is 5.70. The van der Waals surface area contributed by atoms with Gasteiger partial charge in [-0.15, -0.1) is 5.10 Å². The molecule has 0 fully saturated rings. The highest BCUT2D eigenvalue weighted by Crippen LogP contribution is 2.10. The maximum Gasteiger partial charge on any atom is 0.0994 e. The van der Waals surface area contributed by atoms with Crippen molar-refractivity contribution in [3.63, 3.8) is 0 Å². The zero-order chi connectivity index (χ0) is 11.1. The van der Waals surface area contributed by atoms with Gasteiger partial charge in [0.2, 0.25) is 0 Å². The highest BCUT2D eigenvalue weighted by molar-refractivity contribution is 5.09. The molecular formula is C11H22N4. The van der Waals surface area contributed by atoms with Gasteiger partial charge in [-0.25, -0.2) is 4.68 Å². The molecule has 2 N–H and O–H groups in total. The van der Waals surface area contributed by atoms with Gasteiger partial charge >= 0.3 is 0 Å². The minimum atomic E-state index is 0.503. The van der Waals surface area contributed by atoms with Crippen LogP contribution in [0.2, 0.25) is 0 Å². The first-order chi connectivity index (χ1) is 7.33. The van der Waals surface area contributed by atoms with Crippen LogP contribution in [0.4, 0.5) is 0 Å². The van der Waals surface area contributed by atoms with E-state index >= 15 is 0 Å². The molecule has 1 aromatic heterocycles. The van der Waals surface area contributed by atoms with E-state index in [2.05, 4.69) is 24.2 Å². The summed E-state index contributed by atoms with van der Waals surface area (Å²) in [5, 5.41) is 8.18. The largest absolute Gasteiger partial charge is 0.325 e. The fourth-order valence-corrected chi connectivity index (χ4v) is 1.77. The van der Waals surface area contributed by atoms with Gasteiger partial charge in [-0.3, -0.25) is 0 Å². The lowest BCUT2D eigenvalue weighted by Crippen LogP contribution is -2.06. The van der Waals surface area contributed by atoms with Crippen LogP contribution < -0.4 is 5.73 Å². The van der Waals surface area contributed by atoms with Crippen LogP contribution in [0, 0.1) is 0 Å². The van der Waals surface area contributed by atoms with Crippen molar-refractivity contribution in [2.75, 3.05) is 0 Å². The van der Waals surface area contributed by atoms with Crippen LogP contribution in [0.1, 0.15) is 50.9 Å². The van der Waals surface area contributed by atoms with Gasteiger partial charge in [0.1, 0.15) is 0 Å². The molecule has 0 amide bonds. The lowest BCUT2D eigenvalue weighted by Gasteiger charge is -2.04. The monoisotopic (exact) mass is 210 g/mol. The van der Waals surface area contributed by atoms with E-state index in [1.54, 1.807) is 0 Å². The standard InChI is InChI=1S/C11H22N4/c1-3-5-6-7-8-11-10(9-12)13-14-15(11)4-2/h3-9,12H2,1-2H3. The minimum absolute atomic E-state index is 0.503. The van der Waals surface area contributed by atoms with Gasteiger partial charge in [0.05, 0.1) is 11.4 Å². The molecule has 1 heterocycles. The van der Waals surface area contributed by atoms with Crippen molar-refractivity contribution in [2.24, 2.45) is 5.73 Å². The van der Waals surface area contributed by atoms with Gasteiger partial charge in [-0.05, 0) is 19.8 Å². The lowest BCUT2D eigenvalue weighted by molar-refractivity contribution is 0.576. The number of nitrogens with two attached hydrogens (primary N) is 1. The quantitative estimate of drug-likeness (QED) is 0.699. The van der Waals surface area contributed by atoms with Crippen LogP contribution in [0.5, 0.6) is 0 Å². The van der Waals surface area contributed by atoms with Crippen LogP contribution >= 0.6 is 0 Å². The molecule has 0 bridgehead atoms. The van der Waals surface area contributed by atoms with E-state index in [1.165, 1.54) is 31.4 Å². The molecule has 0 atom stereocenters. The van der Waals surface area contributed by atoms with Gasteiger partial charge in [0.15, 0.2) is 0 Å². The van der Waals surface area contributed by atoms with Gasteiger partial charge in [-0.2, -0.15) is 0 Å². The van der Waals surface area contributed by atoms with Crippen molar-refractivity contribution in [2.45, 2.75) is 59.0 Å². The molecule has 4 heteroatoms. The molecule has 86 valence electrons. The van der Waals surface area contributed by atoms with E-state index < -0.39 is 0 Å². The summed E-state index contributed by atoms with van der Waals surface area (Å²) in [4.78, 5) is 0. The Labute approximate surface area is 91.9 Å². The number of unbranched alkanes of at least 4 members (excludes halogenated alkanes) is 3. The average molecular weight is 210 g/mol. The number of aromatic nitrogens is 3. The number of aryl methyl sites for hydroxylation is 1. The van der Waals surface area contributed by atoms with E-state index in [9.17, 15) is 0 Å². The van der Waals surface area contributed by atoms with Gasteiger partial charge in [0.25, 0.3) is 0 Å². The predicted octanol–water partition coefficient (Wildman–Crippen LogP) is 1.88. The molecule has 0 aliphatic rings. The van der Waals surface area contributed by atoms with Crippen LogP contribution in [0.25, 0.3) is 0 Å². The van der Waals surface area contributed by atoms with Gasteiger partial charge in [0, 0.05) is 13.1 Å². The molecular weight excluding hydrogens is 188 g/mol. The van der Waals surface area contributed by atoms with Crippen LogP contribution in [-0.4, -0.2) is 15.0 Å². The second-order valence-corrected chi connectivity index (χ2v) is 3.81.